The highest BCUT2D eigenvalue weighted by Gasteiger charge is 2.43. The monoisotopic (exact) mass is 401 g/mol. The molecular weight excluding hydrogens is 387 g/mol. The van der Waals surface area contributed by atoms with Gasteiger partial charge in [0.15, 0.2) is 5.69 Å². The van der Waals surface area contributed by atoms with Gasteiger partial charge >= 0.3 is 18.1 Å². The Morgan fingerprint density at radius 2 is 1.52 bits per heavy atom. The number of halogens is 3. The van der Waals surface area contributed by atoms with Crippen LogP contribution in [0.15, 0.2) is 67.4 Å². The van der Waals surface area contributed by atoms with Crippen molar-refractivity contribution in [1.29, 1.82) is 0 Å². The molecule has 3 aromatic heterocycles. The van der Waals surface area contributed by atoms with E-state index in [2.05, 4.69) is 19.7 Å². The number of hydrogen-bond acceptors (Lipinski definition) is 6. The minimum Gasteiger partial charge on any atom is -0.381 e. The number of pyridine rings is 3. The minimum atomic E-state index is -5.28. The van der Waals surface area contributed by atoms with Gasteiger partial charge in [-0.05, 0) is 41.3 Å². The molecule has 0 saturated heterocycles. The zero-order valence-electron chi connectivity index (χ0n) is 14.8. The summed E-state index contributed by atoms with van der Waals surface area (Å²) in [6.07, 6.45) is 2.69. The number of alkyl halides is 3. The van der Waals surface area contributed by atoms with E-state index in [-0.39, 0.29) is 18.0 Å². The second-order valence-corrected chi connectivity index (χ2v) is 6.02. The van der Waals surface area contributed by atoms with Gasteiger partial charge in [0.05, 0.1) is 0 Å². The first kappa shape index (κ1) is 20.1. The van der Waals surface area contributed by atoms with Crippen LogP contribution in [0.1, 0.15) is 33.1 Å². The van der Waals surface area contributed by atoms with Crippen LogP contribution in [0.3, 0.4) is 0 Å². The van der Waals surface area contributed by atoms with Crippen LogP contribution in [0, 0.1) is 0 Å². The molecule has 3 aromatic rings. The van der Waals surface area contributed by atoms with E-state index < -0.39 is 18.1 Å². The number of nitrogens with zero attached hydrogens (tertiary/aromatic N) is 3. The zero-order chi connectivity index (χ0) is 20.9. The fourth-order valence-corrected chi connectivity index (χ4v) is 2.79. The molecule has 29 heavy (non-hydrogen) atoms. The summed E-state index contributed by atoms with van der Waals surface area (Å²) in [5, 5.41) is 0. The summed E-state index contributed by atoms with van der Waals surface area (Å²) in [4.78, 5) is 35.2. The highest BCUT2D eigenvalue weighted by molar-refractivity contribution is 5.97. The van der Waals surface area contributed by atoms with Gasteiger partial charge in [0.2, 0.25) is 0 Å². The van der Waals surface area contributed by atoms with Crippen LogP contribution < -0.4 is 0 Å². The number of carbonyl (C=O) groups excluding carboxylic acids is 2. The van der Waals surface area contributed by atoms with Crippen molar-refractivity contribution in [3.8, 4) is 0 Å². The first-order valence-corrected chi connectivity index (χ1v) is 8.43. The van der Waals surface area contributed by atoms with E-state index in [0.717, 1.165) is 11.1 Å². The highest BCUT2D eigenvalue weighted by atomic mass is 19.4. The summed E-state index contributed by atoms with van der Waals surface area (Å²) in [7, 11) is 0. The van der Waals surface area contributed by atoms with Gasteiger partial charge in [-0.2, -0.15) is 13.2 Å². The van der Waals surface area contributed by atoms with Gasteiger partial charge in [0.25, 0.3) is 0 Å². The largest absolute Gasteiger partial charge is 0.491 e. The van der Waals surface area contributed by atoms with E-state index in [4.69, 9.17) is 0 Å². The molecule has 0 aromatic carbocycles. The first-order valence-electron chi connectivity index (χ1n) is 8.43. The summed E-state index contributed by atoms with van der Waals surface area (Å²) in [5.41, 5.74) is 1.60. The molecule has 0 saturated carbocycles. The molecule has 0 amide bonds. The molecule has 0 fully saturated rings. The molecule has 0 N–H and O–H groups in total. The average Bonchev–Trinajstić information content (AvgIpc) is 2.73. The Bertz CT molecular complexity index is 956. The molecule has 0 aliphatic rings. The number of ether oxygens (including phenoxy) is 1. The first-order chi connectivity index (χ1) is 13.9. The Kier molecular flexibility index (Phi) is 5.96. The Hall–Kier alpha value is -3.62. The van der Waals surface area contributed by atoms with Crippen LogP contribution in [0.4, 0.5) is 13.2 Å². The van der Waals surface area contributed by atoms with E-state index in [9.17, 15) is 22.8 Å². The van der Waals surface area contributed by atoms with Crippen molar-refractivity contribution in [3.63, 3.8) is 0 Å². The molecule has 0 unspecified atom stereocenters. The fraction of sp³-hybridized carbons (Fsp3) is 0.150. The van der Waals surface area contributed by atoms with E-state index in [1.807, 2.05) is 12.1 Å². The van der Waals surface area contributed by atoms with Crippen molar-refractivity contribution in [1.82, 2.24) is 15.0 Å². The fourth-order valence-electron chi connectivity index (χ4n) is 2.79. The van der Waals surface area contributed by atoms with Gasteiger partial charge in [-0.15, -0.1) is 0 Å². The third kappa shape index (κ3) is 5.01. The molecule has 6 nitrogen and oxygen atoms in total. The highest BCUT2D eigenvalue weighted by Crippen LogP contribution is 2.29. The number of esters is 2. The lowest BCUT2D eigenvalue weighted by Gasteiger charge is -2.18. The molecule has 3 heterocycles. The lowest BCUT2D eigenvalue weighted by molar-refractivity contribution is -0.193. The number of aromatic nitrogens is 3. The quantitative estimate of drug-likeness (QED) is 0.481. The summed E-state index contributed by atoms with van der Waals surface area (Å²) < 4.78 is 41.2. The summed E-state index contributed by atoms with van der Waals surface area (Å²) in [6.45, 7) is 0. The van der Waals surface area contributed by atoms with Crippen molar-refractivity contribution in [2.45, 2.75) is 18.5 Å². The molecule has 0 radical (unpaired) electrons. The molecule has 3 rings (SSSR count). The van der Waals surface area contributed by atoms with Crippen molar-refractivity contribution in [2.75, 3.05) is 0 Å². The Morgan fingerprint density at radius 1 is 0.931 bits per heavy atom. The van der Waals surface area contributed by atoms with Crippen molar-refractivity contribution < 1.29 is 27.5 Å². The second kappa shape index (κ2) is 8.59. The zero-order valence-corrected chi connectivity index (χ0v) is 14.8. The van der Waals surface area contributed by atoms with Crippen molar-refractivity contribution in [2.24, 2.45) is 0 Å². The van der Waals surface area contributed by atoms with Crippen molar-refractivity contribution in [3.05, 3.63) is 89.8 Å². The molecule has 0 spiro atoms. The molecule has 0 bridgehead atoms. The van der Waals surface area contributed by atoms with Gasteiger partial charge in [0, 0.05) is 36.9 Å². The van der Waals surface area contributed by atoms with Crippen LogP contribution in [0.5, 0.6) is 0 Å². The lowest BCUT2D eigenvalue weighted by atomic mass is 9.87. The molecular formula is C20H14F3N3O3. The average molecular weight is 401 g/mol. The maximum absolute atomic E-state index is 12.4. The van der Waals surface area contributed by atoms with Gasteiger partial charge in [0.1, 0.15) is 0 Å². The Labute approximate surface area is 163 Å². The summed E-state index contributed by atoms with van der Waals surface area (Å²) in [5.74, 6) is -4.35. The van der Waals surface area contributed by atoms with Gasteiger partial charge in [-0.1, -0.05) is 18.2 Å². The topological polar surface area (TPSA) is 82.0 Å². The maximum Gasteiger partial charge on any atom is 0.491 e. The van der Waals surface area contributed by atoms with E-state index in [1.54, 1.807) is 49.1 Å². The van der Waals surface area contributed by atoms with Gasteiger partial charge < -0.3 is 4.74 Å². The number of carbonyl (C=O) groups is 2. The minimum absolute atomic E-state index is 0.204. The normalized spacial score (nSPS) is 11.3. The summed E-state index contributed by atoms with van der Waals surface area (Å²) >= 11 is 0. The van der Waals surface area contributed by atoms with Crippen molar-refractivity contribution >= 4 is 11.9 Å². The third-order valence-electron chi connectivity index (χ3n) is 4.10. The Morgan fingerprint density at radius 3 is 2.03 bits per heavy atom. The molecule has 0 aliphatic heterocycles. The standard InChI is InChI=1S/C20H14F3N3O3/c21-20(22,23)19(28)29-18(27)17-13(4-3-9-26-17)10-16(14-5-1-7-24-11-14)15-6-2-8-25-12-15/h1-9,11-12,16H,10H2. The Balaban J connectivity index is 1.94. The second-order valence-electron chi connectivity index (χ2n) is 6.02. The lowest BCUT2D eigenvalue weighted by Crippen LogP contribution is -2.28. The molecule has 0 atom stereocenters. The van der Waals surface area contributed by atoms with Gasteiger partial charge in [-0.25, -0.2) is 14.6 Å². The number of rotatable bonds is 5. The molecule has 9 heteroatoms. The van der Waals surface area contributed by atoms with Crippen LogP contribution in [0.2, 0.25) is 0 Å². The smallest absolute Gasteiger partial charge is 0.381 e. The molecule has 0 aliphatic carbocycles. The van der Waals surface area contributed by atoms with Gasteiger partial charge in [-0.3, -0.25) is 9.97 Å². The maximum atomic E-state index is 12.4. The number of hydrogen-bond donors (Lipinski definition) is 0. The van der Waals surface area contributed by atoms with Crippen LogP contribution in [-0.2, 0) is 16.0 Å². The SMILES string of the molecule is O=C(OC(=O)C(F)(F)F)c1ncccc1CC(c1cccnc1)c1cccnc1. The van der Waals surface area contributed by atoms with Crippen LogP contribution in [0.25, 0.3) is 0 Å². The predicted octanol–water partition coefficient (Wildman–Crippen LogP) is 3.49. The summed E-state index contributed by atoms with van der Waals surface area (Å²) in [6, 6.07) is 10.3. The molecule has 148 valence electrons. The van der Waals surface area contributed by atoms with Crippen LogP contribution in [-0.4, -0.2) is 33.1 Å². The predicted molar refractivity (Wildman–Crippen MR) is 94.7 cm³/mol. The van der Waals surface area contributed by atoms with E-state index in [0.29, 0.717) is 5.56 Å². The third-order valence-corrected chi connectivity index (χ3v) is 4.10. The van der Waals surface area contributed by atoms with E-state index in [1.165, 1.54) is 6.20 Å². The van der Waals surface area contributed by atoms with E-state index >= 15 is 0 Å². The van der Waals surface area contributed by atoms with Crippen LogP contribution >= 0.6 is 0 Å².